The fourth-order valence-electron chi connectivity index (χ4n) is 1.79. The van der Waals surface area contributed by atoms with Crippen LogP contribution in [-0.2, 0) is 4.74 Å². The summed E-state index contributed by atoms with van der Waals surface area (Å²) in [5.41, 5.74) is 0.604. The van der Waals surface area contributed by atoms with Gasteiger partial charge in [0.1, 0.15) is 12.0 Å². The highest BCUT2D eigenvalue weighted by Crippen LogP contribution is 2.30. The van der Waals surface area contributed by atoms with Crippen LogP contribution in [0.3, 0.4) is 0 Å². The number of aromatic nitrogens is 1. The second-order valence-corrected chi connectivity index (χ2v) is 5.78. The average Bonchev–Trinajstić information content (AvgIpc) is 3.22. The van der Waals surface area contributed by atoms with Crippen molar-refractivity contribution in [2.45, 2.75) is 26.2 Å². The number of nitrogens with one attached hydrogen (secondary N) is 1. The molecule has 1 aliphatic carbocycles. The van der Waals surface area contributed by atoms with Gasteiger partial charge in [0.15, 0.2) is 0 Å². The molecule has 20 heavy (non-hydrogen) atoms. The van der Waals surface area contributed by atoms with Crippen LogP contribution < -0.4 is 5.32 Å². The molecule has 0 spiro atoms. The molecule has 7 heteroatoms. The molecule has 2 rings (SSSR count). The number of hydrogen-bond donors (Lipinski definition) is 1. The molecule has 1 aliphatic rings. The van der Waals surface area contributed by atoms with Crippen LogP contribution in [-0.4, -0.2) is 29.7 Å². The van der Waals surface area contributed by atoms with E-state index < -0.39 is 4.92 Å². The average molecular weight is 344 g/mol. The lowest BCUT2D eigenvalue weighted by atomic mass is 10.2. The first-order valence-corrected chi connectivity index (χ1v) is 7.50. The molecule has 1 heterocycles. The van der Waals surface area contributed by atoms with Gasteiger partial charge < -0.3 is 10.1 Å². The Morgan fingerprint density at radius 1 is 1.60 bits per heavy atom. The van der Waals surface area contributed by atoms with Crippen LogP contribution in [0.1, 0.15) is 24.8 Å². The van der Waals surface area contributed by atoms with Gasteiger partial charge in [0.25, 0.3) is 5.69 Å². The fourth-order valence-corrected chi connectivity index (χ4v) is 2.24. The zero-order valence-electron chi connectivity index (χ0n) is 11.4. The smallest absolute Gasteiger partial charge is 0.291 e. The molecule has 0 bridgehead atoms. The quantitative estimate of drug-likeness (QED) is 0.445. The molecule has 0 aromatic carbocycles. The van der Waals surface area contributed by atoms with Crippen LogP contribution in [0.2, 0.25) is 0 Å². The lowest BCUT2D eigenvalue weighted by Crippen LogP contribution is -2.09. The maximum Gasteiger partial charge on any atom is 0.291 e. The summed E-state index contributed by atoms with van der Waals surface area (Å²) >= 11 is 3.35. The summed E-state index contributed by atoms with van der Waals surface area (Å²) in [5.74, 6) is 1.42. The van der Waals surface area contributed by atoms with Gasteiger partial charge in [-0.1, -0.05) is 0 Å². The van der Waals surface area contributed by atoms with E-state index in [1.165, 1.54) is 19.0 Å². The third kappa shape index (κ3) is 4.14. The third-order valence-electron chi connectivity index (χ3n) is 3.24. The molecule has 0 atom stereocenters. The zero-order chi connectivity index (χ0) is 14.5. The van der Waals surface area contributed by atoms with Gasteiger partial charge in [0, 0.05) is 25.3 Å². The number of nitro groups is 1. The molecule has 0 amide bonds. The monoisotopic (exact) mass is 343 g/mol. The van der Waals surface area contributed by atoms with Crippen molar-refractivity contribution >= 4 is 27.4 Å². The molecule has 1 fully saturated rings. The van der Waals surface area contributed by atoms with Gasteiger partial charge in [-0.3, -0.25) is 10.1 Å². The van der Waals surface area contributed by atoms with Crippen molar-refractivity contribution in [2.75, 3.05) is 25.1 Å². The van der Waals surface area contributed by atoms with E-state index in [1.807, 2.05) is 0 Å². The van der Waals surface area contributed by atoms with E-state index in [-0.39, 0.29) is 5.69 Å². The lowest BCUT2D eigenvalue weighted by Gasteiger charge is -2.09. The summed E-state index contributed by atoms with van der Waals surface area (Å²) in [6.07, 6.45) is 4.78. The highest BCUT2D eigenvalue weighted by Gasteiger charge is 2.21. The van der Waals surface area contributed by atoms with Crippen LogP contribution in [0, 0.1) is 23.0 Å². The topological polar surface area (TPSA) is 77.3 Å². The van der Waals surface area contributed by atoms with Crippen molar-refractivity contribution in [1.29, 1.82) is 0 Å². The van der Waals surface area contributed by atoms with Crippen molar-refractivity contribution in [3.8, 4) is 0 Å². The van der Waals surface area contributed by atoms with E-state index in [2.05, 4.69) is 26.2 Å². The number of halogens is 1. The minimum Gasteiger partial charge on any atom is -0.381 e. The Hall–Kier alpha value is -1.21. The third-order valence-corrected chi connectivity index (χ3v) is 4.21. The molecule has 1 saturated carbocycles. The van der Waals surface area contributed by atoms with E-state index in [0.29, 0.717) is 15.9 Å². The van der Waals surface area contributed by atoms with Crippen molar-refractivity contribution in [2.24, 2.45) is 5.92 Å². The second kappa shape index (κ2) is 6.99. The highest BCUT2D eigenvalue weighted by molar-refractivity contribution is 9.10. The first-order chi connectivity index (χ1) is 9.59. The van der Waals surface area contributed by atoms with Crippen molar-refractivity contribution in [3.63, 3.8) is 0 Å². The molecule has 0 unspecified atom stereocenters. The summed E-state index contributed by atoms with van der Waals surface area (Å²) in [6.45, 7) is 4.03. The standard InChI is InChI=1S/C13H18BrN3O3/c1-9-11(17(18)19)7-16-13(12(9)14)15-5-2-6-20-8-10-3-4-10/h7,10H,2-6,8H2,1H3,(H,15,16). The van der Waals surface area contributed by atoms with Crippen LogP contribution in [0.5, 0.6) is 0 Å². The van der Waals surface area contributed by atoms with Crippen molar-refractivity contribution in [3.05, 3.63) is 26.3 Å². The maximum absolute atomic E-state index is 10.8. The van der Waals surface area contributed by atoms with Crippen LogP contribution in [0.15, 0.2) is 10.7 Å². The van der Waals surface area contributed by atoms with Gasteiger partial charge in [-0.2, -0.15) is 0 Å². The van der Waals surface area contributed by atoms with Gasteiger partial charge in [0.05, 0.1) is 9.40 Å². The molecule has 6 nitrogen and oxygen atoms in total. The highest BCUT2D eigenvalue weighted by atomic mass is 79.9. The molecule has 1 aromatic heterocycles. The van der Waals surface area contributed by atoms with E-state index in [0.717, 1.165) is 32.1 Å². The predicted octanol–water partition coefficient (Wildman–Crippen LogP) is 3.29. The normalized spacial score (nSPS) is 14.3. The Labute approximate surface area is 126 Å². The maximum atomic E-state index is 10.8. The number of ether oxygens (including phenoxy) is 1. The lowest BCUT2D eigenvalue weighted by molar-refractivity contribution is -0.385. The Morgan fingerprint density at radius 2 is 2.35 bits per heavy atom. The number of rotatable bonds is 8. The number of pyridine rings is 1. The molecule has 1 aromatic rings. The van der Waals surface area contributed by atoms with E-state index in [9.17, 15) is 10.1 Å². The summed E-state index contributed by atoms with van der Waals surface area (Å²) in [6, 6.07) is 0. The SMILES string of the molecule is Cc1c([N+](=O)[O-])cnc(NCCCOCC2CC2)c1Br. The van der Waals surface area contributed by atoms with Gasteiger partial charge in [-0.15, -0.1) is 0 Å². The Bertz CT molecular complexity index is 492. The molecule has 1 N–H and O–H groups in total. The number of hydrogen-bond acceptors (Lipinski definition) is 5. The van der Waals surface area contributed by atoms with Crippen LogP contribution in [0.4, 0.5) is 11.5 Å². The largest absolute Gasteiger partial charge is 0.381 e. The minimum absolute atomic E-state index is 0.0233. The van der Waals surface area contributed by atoms with Crippen LogP contribution >= 0.6 is 15.9 Å². The van der Waals surface area contributed by atoms with E-state index in [4.69, 9.17) is 4.74 Å². The van der Waals surface area contributed by atoms with Gasteiger partial charge in [0.2, 0.25) is 0 Å². The molecule has 0 saturated heterocycles. The molecular formula is C13H18BrN3O3. The van der Waals surface area contributed by atoms with Gasteiger partial charge in [-0.25, -0.2) is 4.98 Å². The fraction of sp³-hybridized carbons (Fsp3) is 0.615. The molecule has 0 radical (unpaired) electrons. The summed E-state index contributed by atoms with van der Waals surface area (Å²) in [7, 11) is 0. The number of anilines is 1. The molecule has 110 valence electrons. The Morgan fingerprint density at radius 3 is 3.00 bits per heavy atom. The number of nitrogens with zero attached hydrogens (tertiary/aromatic N) is 2. The van der Waals surface area contributed by atoms with Crippen LogP contribution in [0.25, 0.3) is 0 Å². The van der Waals surface area contributed by atoms with Crippen molar-refractivity contribution in [1.82, 2.24) is 4.98 Å². The predicted molar refractivity (Wildman–Crippen MR) is 80.0 cm³/mol. The first-order valence-electron chi connectivity index (χ1n) is 6.70. The molecule has 0 aliphatic heterocycles. The first kappa shape index (κ1) is 15.2. The van der Waals surface area contributed by atoms with Crippen molar-refractivity contribution < 1.29 is 9.66 Å². The van der Waals surface area contributed by atoms with Gasteiger partial charge in [-0.05, 0) is 48.0 Å². The molecular weight excluding hydrogens is 326 g/mol. The van der Waals surface area contributed by atoms with Gasteiger partial charge >= 0.3 is 0 Å². The van der Waals surface area contributed by atoms with E-state index >= 15 is 0 Å². The minimum atomic E-state index is -0.428. The Kier molecular flexibility index (Phi) is 5.31. The summed E-state index contributed by atoms with van der Waals surface area (Å²) in [5, 5.41) is 13.9. The zero-order valence-corrected chi connectivity index (χ0v) is 13.0. The Balaban J connectivity index is 1.77. The van der Waals surface area contributed by atoms with E-state index in [1.54, 1.807) is 6.92 Å². The summed E-state index contributed by atoms with van der Waals surface area (Å²) in [4.78, 5) is 14.4. The second-order valence-electron chi connectivity index (χ2n) is 4.99. The summed E-state index contributed by atoms with van der Waals surface area (Å²) < 4.78 is 6.18.